The number of nitrogens with one attached hydrogen (secondary N) is 1. The Kier molecular flexibility index (Phi) is 6.45. The van der Waals surface area contributed by atoms with Crippen molar-refractivity contribution >= 4 is 6.08 Å². The van der Waals surface area contributed by atoms with Crippen molar-refractivity contribution in [1.29, 1.82) is 0 Å². The highest BCUT2D eigenvalue weighted by Gasteiger charge is 1.88. The van der Waals surface area contributed by atoms with Gasteiger partial charge in [-0.05, 0) is 30.7 Å². The van der Waals surface area contributed by atoms with Crippen LogP contribution in [-0.2, 0) is 4.74 Å². The first kappa shape index (κ1) is 12.9. The van der Waals surface area contributed by atoms with Gasteiger partial charge in [-0.25, -0.2) is 4.39 Å². The molecule has 0 fully saturated rings. The van der Waals surface area contributed by atoms with Crippen molar-refractivity contribution in [2.24, 2.45) is 0 Å². The van der Waals surface area contributed by atoms with E-state index < -0.39 is 0 Å². The summed E-state index contributed by atoms with van der Waals surface area (Å²) in [6, 6.07) is 6.47. The molecule has 0 amide bonds. The van der Waals surface area contributed by atoms with Crippen LogP contribution in [0.15, 0.2) is 30.3 Å². The van der Waals surface area contributed by atoms with Crippen molar-refractivity contribution in [2.75, 3.05) is 26.8 Å². The SMILES string of the molecule is COCCNCCC=Cc1ccc(F)cc1. The lowest BCUT2D eigenvalue weighted by Gasteiger charge is -2.00. The van der Waals surface area contributed by atoms with Gasteiger partial charge >= 0.3 is 0 Å². The van der Waals surface area contributed by atoms with E-state index in [2.05, 4.69) is 11.4 Å². The molecular formula is C13H18FNO. The molecule has 0 atom stereocenters. The van der Waals surface area contributed by atoms with Crippen LogP contribution < -0.4 is 5.32 Å². The summed E-state index contributed by atoms with van der Waals surface area (Å²) in [5.74, 6) is -0.196. The van der Waals surface area contributed by atoms with Gasteiger partial charge in [0.05, 0.1) is 6.61 Å². The molecule has 1 aromatic carbocycles. The minimum Gasteiger partial charge on any atom is -0.383 e. The maximum absolute atomic E-state index is 12.6. The summed E-state index contributed by atoms with van der Waals surface area (Å²) in [5.41, 5.74) is 1.03. The summed E-state index contributed by atoms with van der Waals surface area (Å²) in [6.07, 6.45) is 5.03. The Morgan fingerprint density at radius 2 is 2.00 bits per heavy atom. The first-order valence-corrected chi connectivity index (χ1v) is 5.44. The second-order valence-electron chi connectivity index (χ2n) is 3.49. The van der Waals surface area contributed by atoms with Gasteiger partial charge in [0.15, 0.2) is 0 Å². The van der Waals surface area contributed by atoms with Crippen LogP contribution in [0.2, 0.25) is 0 Å². The first-order valence-electron chi connectivity index (χ1n) is 5.44. The van der Waals surface area contributed by atoms with Gasteiger partial charge in [-0.3, -0.25) is 0 Å². The fourth-order valence-electron chi connectivity index (χ4n) is 1.28. The van der Waals surface area contributed by atoms with E-state index in [-0.39, 0.29) is 5.82 Å². The highest BCUT2D eigenvalue weighted by atomic mass is 19.1. The highest BCUT2D eigenvalue weighted by molar-refractivity contribution is 5.48. The van der Waals surface area contributed by atoms with Crippen molar-refractivity contribution in [1.82, 2.24) is 5.32 Å². The molecular weight excluding hydrogens is 205 g/mol. The Morgan fingerprint density at radius 1 is 1.25 bits per heavy atom. The van der Waals surface area contributed by atoms with Crippen LogP contribution in [-0.4, -0.2) is 26.8 Å². The smallest absolute Gasteiger partial charge is 0.123 e. The van der Waals surface area contributed by atoms with E-state index in [4.69, 9.17) is 4.74 Å². The second-order valence-corrected chi connectivity index (χ2v) is 3.49. The number of halogens is 1. The summed E-state index contributed by atoms with van der Waals surface area (Å²) >= 11 is 0. The lowest BCUT2D eigenvalue weighted by atomic mass is 10.2. The fraction of sp³-hybridized carbons (Fsp3) is 0.385. The molecule has 0 bridgehead atoms. The van der Waals surface area contributed by atoms with Crippen LogP contribution in [0.1, 0.15) is 12.0 Å². The normalized spacial score (nSPS) is 11.1. The van der Waals surface area contributed by atoms with Gasteiger partial charge in [-0.15, -0.1) is 0 Å². The van der Waals surface area contributed by atoms with Gasteiger partial charge in [-0.2, -0.15) is 0 Å². The Bertz CT molecular complexity index is 308. The number of hydrogen-bond donors (Lipinski definition) is 1. The minimum absolute atomic E-state index is 0.196. The van der Waals surface area contributed by atoms with Crippen LogP contribution in [0, 0.1) is 5.82 Å². The van der Waals surface area contributed by atoms with Crippen LogP contribution in [0.4, 0.5) is 4.39 Å². The summed E-state index contributed by atoms with van der Waals surface area (Å²) < 4.78 is 17.5. The van der Waals surface area contributed by atoms with Crippen LogP contribution in [0.3, 0.4) is 0 Å². The lowest BCUT2D eigenvalue weighted by molar-refractivity contribution is 0.199. The molecule has 3 heteroatoms. The van der Waals surface area contributed by atoms with Crippen LogP contribution in [0.5, 0.6) is 0 Å². The number of benzene rings is 1. The van der Waals surface area contributed by atoms with Crippen molar-refractivity contribution in [2.45, 2.75) is 6.42 Å². The molecule has 1 N–H and O–H groups in total. The van der Waals surface area contributed by atoms with Crippen molar-refractivity contribution in [3.63, 3.8) is 0 Å². The molecule has 0 aliphatic rings. The number of methoxy groups -OCH3 is 1. The van der Waals surface area contributed by atoms with Crippen molar-refractivity contribution in [3.05, 3.63) is 41.7 Å². The van der Waals surface area contributed by atoms with Gasteiger partial charge in [-0.1, -0.05) is 24.3 Å². The Balaban J connectivity index is 2.14. The van der Waals surface area contributed by atoms with Gasteiger partial charge < -0.3 is 10.1 Å². The van der Waals surface area contributed by atoms with Crippen LogP contribution >= 0.6 is 0 Å². The van der Waals surface area contributed by atoms with Crippen LogP contribution in [0.25, 0.3) is 6.08 Å². The topological polar surface area (TPSA) is 21.3 Å². The van der Waals surface area contributed by atoms with E-state index in [1.165, 1.54) is 12.1 Å². The van der Waals surface area contributed by atoms with E-state index in [1.807, 2.05) is 6.08 Å². The zero-order valence-electron chi connectivity index (χ0n) is 9.58. The summed E-state index contributed by atoms with van der Waals surface area (Å²) in [5, 5.41) is 3.25. The molecule has 0 aliphatic heterocycles. The van der Waals surface area contributed by atoms with E-state index in [9.17, 15) is 4.39 Å². The number of hydrogen-bond acceptors (Lipinski definition) is 2. The summed E-state index contributed by atoms with van der Waals surface area (Å²) in [6.45, 7) is 2.55. The van der Waals surface area contributed by atoms with E-state index in [0.717, 1.165) is 31.7 Å². The summed E-state index contributed by atoms with van der Waals surface area (Å²) in [7, 11) is 1.69. The van der Waals surface area contributed by atoms with Gasteiger partial charge in [0, 0.05) is 13.7 Å². The average molecular weight is 223 g/mol. The molecule has 0 radical (unpaired) electrons. The molecule has 0 aromatic heterocycles. The molecule has 0 spiro atoms. The molecule has 88 valence electrons. The third kappa shape index (κ3) is 5.63. The van der Waals surface area contributed by atoms with Crippen molar-refractivity contribution in [3.8, 4) is 0 Å². The predicted octanol–water partition coefficient (Wildman–Crippen LogP) is 2.47. The molecule has 0 aliphatic carbocycles. The Hall–Kier alpha value is -1.19. The highest BCUT2D eigenvalue weighted by Crippen LogP contribution is 2.04. The monoisotopic (exact) mass is 223 g/mol. The van der Waals surface area contributed by atoms with Gasteiger partial charge in [0.25, 0.3) is 0 Å². The quantitative estimate of drug-likeness (QED) is 0.717. The van der Waals surface area contributed by atoms with E-state index >= 15 is 0 Å². The number of rotatable bonds is 7. The Morgan fingerprint density at radius 3 is 2.69 bits per heavy atom. The zero-order valence-corrected chi connectivity index (χ0v) is 9.58. The van der Waals surface area contributed by atoms with E-state index in [1.54, 1.807) is 19.2 Å². The average Bonchev–Trinajstić information content (AvgIpc) is 2.30. The zero-order chi connectivity index (χ0) is 11.6. The maximum Gasteiger partial charge on any atom is 0.123 e. The maximum atomic E-state index is 12.6. The molecule has 1 aromatic rings. The molecule has 1 rings (SSSR count). The second kappa shape index (κ2) is 8.02. The lowest BCUT2D eigenvalue weighted by Crippen LogP contribution is -2.19. The Labute approximate surface area is 96.1 Å². The number of ether oxygens (including phenoxy) is 1. The minimum atomic E-state index is -0.196. The standard InChI is InChI=1S/C13H18FNO/c1-16-11-10-15-9-3-2-4-12-5-7-13(14)8-6-12/h2,4-8,15H,3,9-11H2,1H3. The largest absolute Gasteiger partial charge is 0.383 e. The molecule has 0 heterocycles. The predicted molar refractivity (Wildman–Crippen MR) is 64.8 cm³/mol. The van der Waals surface area contributed by atoms with Gasteiger partial charge in [0.1, 0.15) is 5.82 Å². The first-order chi connectivity index (χ1) is 7.83. The molecule has 0 saturated carbocycles. The van der Waals surface area contributed by atoms with E-state index in [0.29, 0.717) is 0 Å². The van der Waals surface area contributed by atoms with Crippen molar-refractivity contribution < 1.29 is 9.13 Å². The molecule has 16 heavy (non-hydrogen) atoms. The third-order valence-electron chi connectivity index (χ3n) is 2.15. The van der Waals surface area contributed by atoms with Gasteiger partial charge in [0.2, 0.25) is 0 Å². The summed E-state index contributed by atoms with van der Waals surface area (Å²) in [4.78, 5) is 0. The molecule has 0 saturated heterocycles. The fourth-order valence-corrected chi connectivity index (χ4v) is 1.28. The third-order valence-corrected chi connectivity index (χ3v) is 2.15. The molecule has 2 nitrogen and oxygen atoms in total. The molecule has 0 unspecified atom stereocenters.